The van der Waals surface area contributed by atoms with E-state index >= 15 is 0 Å². The second-order valence-electron chi connectivity index (χ2n) is 5.05. The zero-order valence-electron chi connectivity index (χ0n) is 11.6. The molecule has 1 aromatic heterocycles. The lowest BCUT2D eigenvalue weighted by Crippen LogP contribution is -2.43. The van der Waals surface area contributed by atoms with Crippen LogP contribution in [0.4, 0.5) is 0 Å². The number of ether oxygens (including phenoxy) is 1. The van der Waals surface area contributed by atoms with Gasteiger partial charge in [0.25, 0.3) is 5.56 Å². The molecule has 0 bridgehead atoms. The monoisotopic (exact) mass is 267 g/mol. The number of hydrogen-bond acceptors (Lipinski definition) is 5. The quantitative estimate of drug-likeness (QED) is 0.847. The normalized spacial score (nSPS) is 20.9. The minimum Gasteiger partial charge on any atom is -0.493 e. The maximum absolute atomic E-state index is 11.8. The van der Waals surface area contributed by atoms with Gasteiger partial charge in [-0.05, 0) is 20.3 Å². The van der Waals surface area contributed by atoms with Crippen LogP contribution in [0, 0.1) is 0 Å². The van der Waals surface area contributed by atoms with Crippen molar-refractivity contribution in [1.29, 1.82) is 0 Å². The Labute approximate surface area is 112 Å². The zero-order chi connectivity index (χ0) is 14.0. The Kier molecular flexibility index (Phi) is 4.21. The molecule has 0 radical (unpaired) electrons. The summed E-state index contributed by atoms with van der Waals surface area (Å²) < 4.78 is 5.64. The van der Waals surface area contributed by atoms with Crippen LogP contribution in [0.15, 0.2) is 4.79 Å². The van der Waals surface area contributed by atoms with Gasteiger partial charge < -0.3 is 14.8 Å². The molecule has 0 amide bonds. The molecular weight excluding hydrogens is 246 g/mol. The van der Waals surface area contributed by atoms with Crippen molar-refractivity contribution < 1.29 is 9.84 Å². The third-order valence-corrected chi connectivity index (χ3v) is 3.50. The summed E-state index contributed by atoms with van der Waals surface area (Å²) >= 11 is 0. The number of nitrogens with one attached hydrogen (secondary N) is 1. The van der Waals surface area contributed by atoms with E-state index in [1.807, 2.05) is 6.92 Å². The smallest absolute Gasteiger partial charge is 0.257 e. The number of H-pyrrole nitrogens is 1. The topological polar surface area (TPSA) is 78.5 Å². The van der Waals surface area contributed by atoms with Crippen molar-refractivity contribution in [3.05, 3.63) is 21.7 Å². The number of nitrogens with zero attached hydrogens (tertiary/aromatic N) is 2. The number of aromatic hydroxyl groups is 1. The SMILES string of the molecule is CCc1c(O)nc(C2CN(C(C)C)CCO2)[nH]c1=O. The standard InChI is InChI=1S/C13H21N3O3/c1-4-9-12(17)14-11(15-13(9)18)10-7-16(8(2)3)5-6-19-10/h8,10H,4-7H2,1-3H3,(H2,14,15,17,18). The van der Waals surface area contributed by atoms with Gasteiger partial charge in [0.2, 0.25) is 5.88 Å². The van der Waals surface area contributed by atoms with Gasteiger partial charge in [-0.2, -0.15) is 4.98 Å². The lowest BCUT2D eigenvalue weighted by Gasteiger charge is -2.34. The van der Waals surface area contributed by atoms with Crippen LogP contribution in [0.25, 0.3) is 0 Å². The Morgan fingerprint density at radius 3 is 2.89 bits per heavy atom. The van der Waals surface area contributed by atoms with Gasteiger partial charge in [-0.1, -0.05) is 6.92 Å². The summed E-state index contributed by atoms with van der Waals surface area (Å²) in [6.45, 7) is 8.20. The van der Waals surface area contributed by atoms with Crippen LogP contribution < -0.4 is 5.56 Å². The molecule has 1 atom stereocenters. The average molecular weight is 267 g/mol. The fourth-order valence-corrected chi connectivity index (χ4v) is 2.28. The van der Waals surface area contributed by atoms with Gasteiger partial charge >= 0.3 is 0 Å². The highest BCUT2D eigenvalue weighted by Gasteiger charge is 2.26. The minimum atomic E-state index is -0.291. The van der Waals surface area contributed by atoms with Crippen LogP contribution in [-0.2, 0) is 11.2 Å². The van der Waals surface area contributed by atoms with E-state index in [0.717, 1.165) is 6.54 Å². The zero-order valence-corrected chi connectivity index (χ0v) is 11.6. The van der Waals surface area contributed by atoms with E-state index in [9.17, 15) is 9.90 Å². The van der Waals surface area contributed by atoms with Crippen molar-refractivity contribution in [3.8, 4) is 5.88 Å². The summed E-state index contributed by atoms with van der Waals surface area (Å²) in [6, 6.07) is 0.418. The predicted molar refractivity (Wildman–Crippen MR) is 71.3 cm³/mol. The molecule has 0 aliphatic carbocycles. The fraction of sp³-hybridized carbons (Fsp3) is 0.692. The van der Waals surface area contributed by atoms with E-state index in [2.05, 4.69) is 28.7 Å². The molecule has 2 N–H and O–H groups in total. The maximum Gasteiger partial charge on any atom is 0.257 e. The molecule has 2 heterocycles. The summed E-state index contributed by atoms with van der Waals surface area (Å²) in [5.41, 5.74) is 0.0375. The third-order valence-electron chi connectivity index (χ3n) is 3.50. The van der Waals surface area contributed by atoms with Gasteiger partial charge in [0.1, 0.15) is 11.9 Å². The molecule has 106 valence electrons. The molecule has 19 heavy (non-hydrogen) atoms. The molecule has 0 aromatic carbocycles. The Morgan fingerprint density at radius 2 is 2.32 bits per heavy atom. The lowest BCUT2D eigenvalue weighted by molar-refractivity contribution is -0.0446. The van der Waals surface area contributed by atoms with Crippen LogP contribution in [0.1, 0.15) is 38.3 Å². The molecule has 6 nitrogen and oxygen atoms in total. The average Bonchev–Trinajstić information content (AvgIpc) is 2.38. The molecule has 1 aromatic rings. The van der Waals surface area contributed by atoms with Crippen molar-refractivity contribution in [2.24, 2.45) is 0 Å². The van der Waals surface area contributed by atoms with Gasteiger partial charge in [-0.3, -0.25) is 9.69 Å². The van der Waals surface area contributed by atoms with Crippen LogP contribution in [0.2, 0.25) is 0 Å². The number of aromatic amines is 1. The Bertz CT molecular complexity index is 498. The molecule has 2 rings (SSSR count). The molecule has 1 aliphatic heterocycles. The molecule has 1 unspecified atom stereocenters. The van der Waals surface area contributed by atoms with Gasteiger partial charge in [-0.25, -0.2) is 0 Å². The predicted octanol–water partition coefficient (Wildman–Crippen LogP) is 0.820. The third kappa shape index (κ3) is 2.96. The summed E-state index contributed by atoms with van der Waals surface area (Å²) in [4.78, 5) is 20.9. The van der Waals surface area contributed by atoms with Gasteiger partial charge in [-0.15, -0.1) is 0 Å². The second-order valence-corrected chi connectivity index (χ2v) is 5.05. The van der Waals surface area contributed by atoms with Crippen molar-refractivity contribution in [2.45, 2.75) is 39.3 Å². The highest BCUT2D eigenvalue weighted by molar-refractivity contribution is 5.22. The highest BCUT2D eigenvalue weighted by Crippen LogP contribution is 2.21. The summed E-state index contributed by atoms with van der Waals surface area (Å²) in [6.07, 6.45) is 0.165. The van der Waals surface area contributed by atoms with E-state index in [-0.39, 0.29) is 17.5 Å². The molecule has 1 fully saturated rings. The molecule has 0 spiro atoms. The first-order valence-corrected chi connectivity index (χ1v) is 6.70. The van der Waals surface area contributed by atoms with E-state index in [0.29, 0.717) is 37.0 Å². The van der Waals surface area contributed by atoms with E-state index in [1.54, 1.807) is 0 Å². The van der Waals surface area contributed by atoms with E-state index < -0.39 is 0 Å². The Balaban J connectivity index is 2.25. The highest BCUT2D eigenvalue weighted by atomic mass is 16.5. The number of aromatic nitrogens is 2. The van der Waals surface area contributed by atoms with Crippen LogP contribution in [-0.4, -0.2) is 45.7 Å². The van der Waals surface area contributed by atoms with Crippen molar-refractivity contribution >= 4 is 0 Å². The Morgan fingerprint density at radius 1 is 1.58 bits per heavy atom. The Hall–Kier alpha value is -1.40. The maximum atomic E-state index is 11.8. The first-order valence-electron chi connectivity index (χ1n) is 6.70. The summed E-state index contributed by atoms with van der Waals surface area (Å²) in [5, 5.41) is 9.78. The molecule has 6 heteroatoms. The minimum absolute atomic E-state index is 0.188. The van der Waals surface area contributed by atoms with Crippen LogP contribution in [0.3, 0.4) is 0 Å². The summed E-state index contributed by atoms with van der Waals surface area (Å²) in [5.74, 6) is 0.219. The first kappa shape index (κ1) is 14.0. The second kappa shape index (κ2) is 5.71. The fourth-order valence-electron chi connectivity index (χ4n) is 2.28. The van der Waals surface area contributed by atoms with Crippen molar-refractivity contribution in [1.82, 2.24) is 14.9 Å². The lowest BCUT2D eigenvalue weighted by atomic mass is 10.2. The number of hydrogen-bond donors (Lipinski definition) is 2. The van der Waals surface area contributed by atoms with Gasteiger partial charge in [0.05, 0.1) is 12.2 Å². The number of rotatable bonds is 3. The first-order chi connectivity index (χ1) is 9.02. The molecule has 1 saturated heterocycles. The van der Waals surface area contributed by atoms with Gasteiger partial charge in [0, 0.05) is 19.1 Å². The molecular formula is C13H21N3O3. The number of morpholine rings is 1. The van der Waals surface area contributed by atoms with Crippen LogP contribution >= 0.6 is 0 Å². The van der Waals surface area contributed by atoms with Gasteiger partial charge in [0.15, 0.2) is 0 Å². The van der Waals surface area contributed by atoms with E-state index in [4.69, 9.17) is 4.74 Å². The van der Waals surface area contributed by atoms with Crippen molar-refractivity contribution in [3.63, 3.8) is 0 Å². The van der Waals surface area contributed by atoms with Crippen molar-refractivity contribution in [2.75, 3.05) is 19.7 Å². The van der Waals surface area contributed by atoms with E-state index in [1.165, 1.54) is 0 Å². The van der Waals surface area contributed by atoms with Crippen LogP contribution in [0.5, 0.6) is 5.88 Å². The largest absolute Gasteiger partial charge is 0.493 e. The summed E-state index contributed by atoms with van der Waals surface area (Å²) in [7, 11) is 0. The molecule has 0 saturated carbocycles. The molecule has 1 aliphatic rings.